The van der Waals surface area contributed by atoms with Crippen LogP contribution >= 0.6 is 0 Å². The fourth-order valence-electron chi connectivity index (χ4n) is 2.35. The summed E-state index contributed by atoms with van der Waals surface area (Å²) in [7, 11) is 0. The minimum absolute atomic E-state index is 0.0288. The van der Waals surface area contributed by atoms with Gasteiger partial charge in [0.25, 0.3) is 0 Å². The summed E-state index contributed by atoms with van der Waals surface area (Å²) in [5.74, 6) is 0.934. The largest absolute Gasteiger partial charge is 0.493 e. The number of hydrogen-bond donors (Lipinski definition) is 1. The number of aryl methyl sites for hydroxylation is 2. The first kappa shape index (κ1) is 18.3. The molecule has 0 saturated heterocycles. The van der Waals surface area contributed by atoms with Crippen molar-refractivity contribution in [3.63, 3.8) is 0 Å². The van der Waals surface area contributed by atoms with E-state index < -0.39 is 6.09 Å². The van der Waals surface area contributed by atoms with E-state index in [0.717, 1.165) is 48.2 Å². The zero-order valence-electron chi connectivity index (χ0n) is 14.5. The lowest BCUT2D eigenvalue weighted by Gasteiger charge is -2.17. The zero-order chi connectivity index (χ0) is 16.5. The first-order valence-corrected chi connectivity index (χ1v) is 8.29. The smallest absolute Gasteiger partial charge is 0.411 e. The fraction of sp³-hybridized carbons (Fsp3) is 0.611. The molecular formula is C18H29NO3. The molecule has 1 amide bonds. The number of carbonyl (C=O) groups excluding carboxylic acids is 1. The lowest BCUT2D eigenvalue weighted by atomic mass is 10.1. The van der Waals surface area contributed by atoms with Crippen LogP contribution in [0.25, 0.3) is 0 Å². The molecule has 0 aliphatic rings. The monoisotopic (exact) mass is 307 g/mol. The molecule has 0 aliphatic carbocycles. The standard InChI is InChI=1S/C18H29NO3/c1-6-10-21-17-13(5)11-15(12-14(17)7-2)19-18(20)22-16(8-3)9-4/h11-12,16H,6-10H2,1-5H3,(H,19,20). The maximum absolute atomic E-state index is 11.9. The number of amides is 1. The quantitative estimate of drug-likeness (QED) is 0.728. The molecule has 4 heteroatoms. The van der Waals surface area contributed by atoms with Gasteiger partial charge in [-0.15, -0.1) is 0 Å². The topological polar surface area (TPSA) is 47.6 Å². The second kappa shape index (κ2) is 9.34. The molecular weight excluding hydrogens is 278 g/mol. The van der Waals surface area contributed by atoms with E-state index in [4.69, 9.17) is 9.47 Å². The van der Waals surface area contributed by atoms with Crippen molar-refractivity contribution in [2.24, 2.45) is 0 Å². The molecule has 22 heavy (non-hydrogen) atoms. The number of anilines is 1. The van der Waals surface area contributed by atoms with Crippen molar-refractivity contribution >= 4 is 11.8 Å². The Kier molecular flexibility index (Phi) is 7.78. The molecule has 0 spiro atoms. The summed E-state index contributed by atoms with van der Waals surface area (Å²) in [6.07, 6.45) is 3.07. The lowest BCUT2D eigenvalue weighted by molar-refractivity contribution is 0.106. The summed E-state index contributed by atoms with van der Waals surface area (Å²) >= 11 is 0. The van der Waals surface area contributed by atoms with Gasteiger partial charge in [-0.1, -0.05) is 27.7 Å². The lowest BCUT2D eigenvalue weighted by Crippen LogP contribution is -2.21. The van der Waals surface area contributed by atoms with Gasteiger partial charge in [0, 0.05) is 5.69 Å². The van der Waals surface area contributed by atoms with Crippen LogP contribution < -0.4 is 10.1 Å². The predicted molar refractivity (Wildman–Crippen MR) is 90.8 cm³/mol. The first-order valence-electron chi connectivity index (χ1n) is 8.29. The fourth-order valence-corrected chi connectivity index (χ4v) is 2.35. The number of ether oxygens (including phenoxy) is 2. The Morgan fingerprint density at radius 2 is 1.86 bits per heavy atom. The normalized spacial score (nSPS) is 10.6. The van der Waals surface area contributed by atoms with Gasteiger partial charge in [0.15, 0.2) is 0 Å². The molecule has 1 N–H and O–H groups in total. The highest BCUT2D eigenvalue weighted by Crippen LogP contribution is 2.28. The van der Waals surface area contributed by atoms with Crippen molar-refractivity contribution in [2.75, 3.05) is 11.9 Å². The highest BCUT2D eigenvalue weighted by atomic mass is 16.6. The molecule has 1 rings (SSSR count). The molecule has 0 aliphatic heterocycles. The molecule has 0 saturated carbocycles. The van der Waals surface area contributed by atoms with Crippen LogP contribution in [0.2, 0.25) is 0 Å². The van der Waals surface area contributed by atoms with Gasteiger partial charge in [-0.05, 0) is 55.9 Å². The van der Waals surface area contributed by atoms with Crippen LogP contribution in [0.4, 0.5) is 10.5 Å². The van der Waals surface area contributed by atoms with Gasteiger partial charge in [-0.25, -0.2) is 4.79 Å². The van der Waals surface area contributed by atoms with E-state index in [2.05, 4.69) is 19.2 Å². The van der Waals surface area contributed by atoms with Crippen molar-refractivity contribution < 1.29 is 14.3 Å². The molecule has 0 atom stereocenters. The maximum atomic E-state index is 11.9. The minimum Gasteiger partial charge on any atom is -0.493 e. The molecule has 0 radical (unpaired) electrons. The van der Waals surface area contributed by atoms with E-state index >= 15 is 0 Å². The van der Waals surface area contributed by atoms with E-state index in [1.807, 2.05) is 32.9 Å². The van der Waals surface area contributed by atoms with Crippen molar-refractivity contribution in [2.45, 2.75) is 66.4 Å². The Hall–Kier alpha value is -1.71. The summed E-state index contributed by atoms with van der Waals surface area (Å²) in [5, 5.41) is 2.82. The van der Waals surface area contributed by atoms with E-state index in [1.54, 1.807) is 0 Å². The average molecular weight is 307 g/mol. The molecule has 4 nitrogen and oxygen atoms in total. The van der Waals surface area contributed by atoms with Crippen molar-refractivity contribution in [1.82, 2.24) is 0 Å². The number of rotatable bonds is 8. The Labute approximate surface area is 134 Å². The third-order valence-electron chi connectivity index (χ3n) is 3.61. The van der Waals surface area contributed by atoms with E-state index in [1.165, 1.54) is 0 Å². The average Bonchev–Trinajstić information content (AvgIpc) is 2.51. The predicted octanol–water partition coefficient (Wildman–Crippen LogP) is 5.08. The van der Waals surface area contributed by atoms with Gasteiger partial charge >= 0.3 is 6.09 Å². The summed E-state index contributed by atoms with van der Waals surface area (Å²) in [6, 6.07) is 3.89. The second-order valence-corrected chi connectivity index (χ2v) is 5.45. The van der Waals surface area contributed by atoms with Gasteiger partial charge in [0.05, 0.1) is 6.61 Å². The van der Waals surface area contributed by atoms with Gasteiger partial charge in [-0.2, -0.15) is 0 Å². The highest BCUT2D eigenvalue weighted by molar-refractivity contribution is 5.85. The minimum atomic E-state index is -0.391. The maximum Gasteiger partial charge on any atom is 0.411 e. The molecule has 0 heterocycles. The van der Waals surface area contributed by atoms with Crippen molar-refractivity contribution in [3.8, 4) is 5.75 Å². The van der Waals surface area contributed by atoms with Crippen LogP contribution in [-0.4, -0.2) is 18.8 Å². The van der Waals surface area contributed by atoms with Crippen LogP contribution in [0.5, 0.6) is 5.75 Å². The summed E-state index contributed by atoms with van der Waals surface area (Å²) in [6.45, 7) is 10.9. The Bertz CT molecular complexity index is 481. The first-order chi connectivity index (χ1) is 10.5. The molecule has 0 fully saturated rings. The molecule has 1 aromatic carbocycles. The van der Waals surface area contributed by atoms with Crippen LogP contribution in [0.1, 0.15) is 58.1 Å². The molecule has 0 unspecified atom stereocenters. The van der Waals surface area contributed by atoms with E-state index in [9.17, 15) is 4.79 Å². The van der Waals surface area contributed by atoms with Gasteiger partial charge in [0.1, 0.15) is 11.9 Å². The number of carbonyl (C=O) groups is 1. The molecule has 0 aromatic heterocycles. The molecule has 124 valence electrons. The molecule has 0 bridgehead atoms. The molecule has 1 aromatic rings. The van der Waals surface area contributed by atoms with Crippen LogP contribution in [0, 0.1) is 6.92 Å². The number of hydrogen-bond acceptors (Lipinski definition) is 3. The third kappa shape index (κ3) is 5.24. The summed E-state index contributed by atoms with van der Waals surface area (Å²) < 4.78 is 11.2. The number of nitrogens with one attached hydrogen (secondary N) is 1. The Morgan fingerprint density at radius 1 is 1.18 bits per heavy atom. The second-order valence-electron chi connectivity index (χ2n) is 5.45. The third-order valence-corrected chi connectivity index (χ3v) is 3.61. The van der Waals surface area contributed by atoms with Crippen molar-refractivity contribution in [3.05, 3.63) is 23.3 Å². The highest BCUT2D eigenvalue weighted by Gasteiger charge is 2.13. The Balaban J connectivity index is 2.83. The van der Waals surface area contributed by atoms with Crippen LogP contribution in [0.15, 0.2) is 12.1 Å². The van der Waals surface area contributed by atoms with Crippen LogP contribution in [-0.2, 0) is 11.2 Å². The summed E-state index contributed by atoms with van der Waals surface area (Å²) in [4.78, 5) is 11.9. The number of benzene rings is 1. The van der Waals surface area contributed by atoms with E-state index in [0.29, 0.717) is 6.61 Å². The zero-order valence-corrected chi connectivity index (χ0v) is 14.5. The SMILES string of the molecule is CCCOc1c(C)cc(NC(=O)OC(CC)CC)cc1CC. The van der Waals surface area contributed by atoms with E-state index in [-0.39, 0.29) is 6.10 Å². The van der Waals surface area contributed by atoms with Gasteiger partial charge < -0.3 is 9.47 Å². The Morgan fingerprint density at radius 3 is 2.41 bits per heavy atom. The van der Waals surface area contributed by atoms with Crippen molar-refractivity contribution in [1.29, 1.82) is 0 Å². The van der Waals surface area contributed by atoms with Crippen LogP contribution in [0.3, 0.4) is 0 Å². The van der Waals surface area contributed by atoms with Gasteiger partial charge in [-0.3, -0.25) is 5.32 Å². The van der Waals surface area contributed by atoms with Gasteiger partial charge in [0.2, 0.25) is 0 Å². The summed E-state index contributed by atoms with van der Waals surface area (Å²) in [5.41, 5.74) is 2.89.